The van der Waals surface area contributed by atoms with Gasteiger partial charge in [-0.25, -0.2) is 8.78 Å². The second-order valence-electron chi connectivity index (χ2n) is 3.21. The minimum absolute atomic E-state index is 0.0503. The zero-order valence-corrected chi connectivity index (χ0v) is 6.45. The Morgan fingerprint density at radius 3 is 2.73 bits per heavy atom. The highest BCUT2D eigenvalue weighted by Gasteiger charge is 2.38. The summed E-state index contributed by atoms with van der Waals surface area (Å²) < 4.78 is 25.1. The molecule has 0 aromatic carbocycles. The molecule has 2 nitrogen and oxygen atoms in total. The molecule has 0 bridgehead atoms. The fraction of sp³-hybridized carbons (Fsp3) is 1.00. The van der Waals surface area contributed by atoms with Crippen LogP contribution in [0.3, 0.4) is 0 Å². The summed E-state index contributed by atoms with van der Waals surface area (Å²) in [6.45, 7) is 0.640. The van der Waals surface area contributed by atoms with Gasteiger partial charge < -0.3 is 0 Å². The van der Waals surface area contributed by atoms with Gasteiger partial charge in [0.2, 0.25) is 5.92 Å². The van der Waals surface area contributed by atoms with E-state index in [1.54, 1.807) is 0 Å². The van der Waals surface area contributed by atoms with Crippen LogP contribution in [-0.4, -0.2) is 12.5 Å². The van der Waals surface area contributed by atoms with E-state index in [9.17, 15) is 8.78 Å². The lowest BCUT2D eigenvalue weighted by atomic mass is 10.0. The molecule has 1 atom stereocenters. The Hall–Kier alpha value is -0.220. The van der Waals surface area contributed by atoms with Crippen LogP contribution in [0, 0.1) is 5.92 Å². The minimum Gasteiger partial charge on any atom is -0.271 e. The molecule has 0 radical (unpaired) electrons. The molecule has 3 N–H and O–H groups in total. The van der Waals surface area contributed by atoms with Crippen LogP contribution in [-0.2, 0) is 0 Å². The monoisotopic (exact) mass is 164 g/mol. The van der Waals surface area contributed by atoms with E-state index < -0.39 is 5.92 Å². The molecule has 0 spiro atoms. The van der Waals surface area contributed by atoms with Crippen molar-refractivity contribution in [3.63, 3.8) is 0 Å². The van der Waals surface area contributed by atoms with Crippen molar-refractivity contribution < 1.29 is 8.78 Å². The Morgan fingerprint density at radius 2 is 2.27 bits per heavy atom. The van der Waals surface area contributed by atoms with Gasteiger partial charge in [0.05, 0.1) is 0 Å². The molecular formula is C7H14F2N2. The maximum atomic E-state index is 12.6. The molecule has 0 heterocycles. The van der Waals surface area contributed by atoms with Crippen molar-refractivity contribution in [2.75, 3.05) is 6.54 Å². The second-order valence-corrected chi connectivity index (χ2v) is 3.21. The van der Waals surface area contributed by atoms with Gasteiger partial charge in [0.25, 0.3) is 0 Å². The Kier molecular flexibility index (Phi) is 2.78. The SMILES string of the molecule is NNCCC1CCC(F)(F)C1. The molecule has 1 rings (SSSR count). The smallest absolute Gasteiger partial charge is 0.248 e. The summed E-state index contributed by atoms with van der Waals surface area (Å²) in [5, 5.41) is 0. The van der Waals surface area contributed by atoms with Crippen LogP contribution in [0.5, 0.6) is 0 Å². The van der Waals surface area contributed by atoms with Crippen molar-refractivity contribution in [1.82, 2.24) is 5.43 Å². The van der Waals surface area contributed by atoms with Crippen LogP contribution in [0.1, 0.15) is 25.7 Å². The summed E-state index contributed by atoms with van der Waals surface area (Å²) in [6.07, 6.45) is 1.53. The number of nitrogens with one attached hydrogen (secondary N) is 1. The van der Waals surface area contributed by atoms with Gasteiger partial charge in [-0.3, -0.25) is 11.3 Å². The molecule has 11 heavy (non-hydrogen) atoms. The van der Waals surface area contributed by atoms with E-state index in [0.29, 0.717) is 13.0 Å². The van der Waals surface area contributed by atoms with Crippen molar-refractivity contribution in [3.05, 3.63) is 0 Å². The van der Waals surface area contributed by atoms with Crippen LogP contribution in [0.4, 0.5) is 8.78 Å². The Balaban J connectivity index is 2.20. The third-order valence-corrected chi connectivity index (χ3v) is 2.20. The van der Waals surface area contributed by atoms with Gasteiger partial charge in [-0.1, -0.05) is 0 Å². The number of hydrogen-bond acceptors (Lipinski definition) is 2. The number of halogens is 2. The van der Waals surface area contributed by atoms with E-state index in [-0.39, 0.29) is 18.8 Å². The molecule has 1 aliphatic rings. The zero-order valence-electron chi connectivity index (χ0n) is 6.45. The number of rotatable bonds is 3. The average molecular weight is 164 g/mol. The van der Waals surface area contributed by atoms with Crippen LogP contribution >= 0.6 is 0 Å². The van der Waals surface area contributed by atoms with Crippen molar-refractivity contribution in [1.29, 1.82) is 0 Å². The summed E-state index contributed by atoms with van der Waals surface area (Å²) in [4.78, 5) is 0. The van der Waals surface area contributed by atoms with Gasteiger partial charge in [-0.05, 0) is 18.8 Å². The number of nitrogens with two attached hydrogens (primary N) is 1. The third-order valence-electron chi connectivity index (χ3n) is 2.20. The van der Waals surface area contributed by atoms with Crippen LogP contribution < -0.4 is 11.3 Å². The van der Waals surface area contributed by atoms with E-state index in [1.165, 1.54) is 0 Å². The van der Waals surface area contributed by atoms with Gasteiger partial charge >= 0.3 is 0 Å². The normalized spacial score (nSPS) is 29.2. The quantitative estimate of drug-likeness (QED) is 0.487. The standard InChI is InChI=1S/C7H14F2N2/c8-7(9)3-1-6(5-7)2-4-11-10/h6,11H,1-5,10H2. The first-order valence-electron chi connectivity index (χ1n) is 3.95. The lowest BCUT2D eigenvalue weighted by Crippen LogP contribution is -2.24. The predicted molar refractivity (Wildman–Crippen MR) is 39.1 cm³/mol. The fourth-order valence-corrected chi connectivity index (χ4v) is 1.58. The topological polar surface area (TPSA) is 38.0 Å². The van der Waals surface area contributed by atoms with Gasteiger partial charge in [-0.15, -0.1) is 0 Å². The van der Waals surface area contributed by atoms with Crippen molar-refractivity contribution >= 4 is 0 Å². The number of hydrogen-bond donors (Lipinski definition) is 2. The van der Waals surface area contributed by atoms with Crippen molar-refractivity contribution in [2.24, 2.45) is 11.8 Å². The lowest BCUT2D eigenvalue weighted by molar-refractivity contribution is 0.00474. The van der Waals surface area contributed by atoms with Crippen LogP contribution in [0.2, 0.25) is 0 Å². The Labute approximate surface area is 65.1 Å². The second kappa shape index (κ2) is 3.45. The highest BCUT2D eigenvalue weighted by atomic mass is 19.3. The highest BCUT2D eigenvalue weighted by molar-refractivity contribution is 4.81. The summed E-state index contributed by atoms with van der Waals surface area (Å²) in [7, 11) is 0. The molecule has 1 fully saturated rings. The summed E-state index contributed by atoms with van der Waals surface area (Å²) in [5.41, 5.74) is 2.48. The van der Waals surface area contributed by atoms with Gasteiger partial charge in [0.1, 0.15) is 0 Å². The molecule has 0 aromatic heterocycles. The maximum Gasteiger partial charge on any atom is 0.248 e. The molecule has 4 heteroatoms. The number of hydrazine groups is 1. The largest absolute Gasteiger partial charge is 0.271 e. The Bertz CT molecular complexity index is 128. The lowest BCUT2D eigenvalue weighted by Gasteiger charge is -2.09. The summed E-state index contributed by atoms with van der Waals surface area (Å²) >= 11 is 0. The molecule has 0 saturated heterocycles. The average Bonchev–Trinajstić information content (AvgIpc) is 2.26. The molecule has 1 saturated carbocycles. The molecule has 0 aliphatic heterocycles. The molecule has 0 aromatic rings. The van der Waals surface area contributed by atoms with E-state index >= 15 is 0 Å². The molecular weight excluding hydrogens is 150 g/mol. The van der Waals surface area contributed by atoms with Gasteiger partial charge in [0.15, 0.2) is 0 Å². The molecule has 66 valence electrons. The van der Waals surface area contributed by atoms with E-state index in [1.807, 2.05) is 0 Å². The van der Waals surface area contributed by atoms with Crippen LogP contribution in [0.15, 0.2) is 0 Å². The first-order valence-corrected chi connectivity index (χ1v) is 3.95. The van der Waals surface area contributed by atoms with Crippen LogP contribution in [0.25, 0.3) is 0 Å². The highest BCUT2D eigenvalue weighted by Crippen LogP contribution is 2.39. The molecule has 1 unspecified atom stereocenters. The number of alkyl halides is 2. The third kappa shape index (κ3) is 2.71. The maximum absolute atomic E-state index is 12.6. The van der Waals surface area contributed by atoms with E-state index in [0.717, 1.165) is 6.42 Å². The molecule has 1 aliphatic carbocycles. The first-order chi connectivity index (χ1) is 5.14. The minimum atomic E-state index is -2.40. The van der Waals surface area contributed by atoms with Gasteiger partial charge in [0, 0.05) is 19.4 Å². The fourth-order valence-electron chi connectivity index (χ4n) is 1.58. The Morgan fingerprint density at radius 1 is 1.55 bits per heavy atom. The predicted octanol–water partition coefficient (Wildman–Crippen LogP) is 1.28. The summed E-state index contributed by atoms with van der Waals surface area (Å²) in [5.74, 6) is 2.80. The van der Waals surface area contributed by atoms with Crippen molar-refractivity contribution in [2.45, 2.75) is 31.6 Å². The van der Waals surface area contributed by atoms with E-state index in [2.05, 4.69) is 5.43 Å². The zero-order chi connectivity index (χ0) is 8.32. The summed E-state index contributed by atoms with van der Waals surface area (Å²) in [6, 6.07) is 0. The van der Waals surface area contributed by atoms with Crippen molar-refractivity contribution in [3.8, 4) is 0 Å². The van der Waals surface area contributed by atoms with Gasteiger partial charge in [-0.2, -0.15) is 0 Å². The first kappa shape index (κ1) is 8.87. The molecule has 0 amide bonds. The van der Waals surface area contributed by atoms with E-state index in [4.69, 9.17) is 5.84 Å².